The Kier molecular flexibility index (Phi) is 5.41. The highest BCUT2D eigenvalue weighted by atomic mass is 16.2. The molecule has 28 heavy (non-hydrogen) atoms. The monoisotopic (exact) mass is 377 g/mol. The van der Waals surface area contributed by atoms with Crippen LogP contribution in [0.2, 0.25) is 0 Å². The Morgan fingerprint density at radius 3 is 2.57 bits per heavy atom. The second-order valence-electron chi connectivity index (χ2n) is 7.62. The van der Waals surface area contributed by atoms with Gasteiger partial charge in [-0.25, -0.2) is 4.98 Å². The number of hydrogen-bond donors (Lipinski definition) is 2. The maximum atomic E-state index is 12.4. The lowest BCUT2D eigenvalue weighted by atomic mass is 10.1. The van der Waals surface area contributed by atoms with Crippen LogP contribution in [0.15, 0.2) is 42.5 Å². The van der Waals surface area contributed by atoms with Gasteiger partial charge in [0.2, 0.25) is 5.91 Å². The molecule has 0 radical (unpaired) electrons. The van der Waals surface area contributed by atoms with Crippen molar-refractivity contribution < 1.29 is 4.79 Å². The minimum Gasteiger partial charge on any atom is -0.341 e. The molecular formula is C22H27N5O. The fraction of sp³-hybridized carbons (Fsp3) is 0.364. The van der Waals surface area contributed by atoms with Crippen molar-refractivity contribution in [1.29, 1.82) is 0 Å². The third-order valence-corrected chi connectivity index (χ3v) is 5.30. The zero-order chi connectivity index (χ0) is 19.5. The van der Waals surface area contributed by atoms with Crippen LogP contribution in [-0.4, -0.2) is 58.4 Å². The van der Waals surface area contributed by atoms with Crippen molar-refractivity contribution in [2.24, 2.45) is 0 Å². The topological polar surface area (TPSA) is 64.3 Å². The molecule has 0 aliphatic carbocycles. The number of aromatic nitrogens is 2. The molecule has 0 unspecified atom stereocenters. The van der Waals surface area contributed by atoms with Crippen LogP contribution in [-0.2, 0) is 11.3 Å². The number of rotatable bonds is 5. The zero-order valence-corrected chi connectivity index (χ0v) is 16.5. The van der Waals surface area contributed by atoms with Gasteiger partial charge in [0, 0.05) is 31.9 Å². The minimum atomic E-state index is 0.0534. The molecule has 146 valence electrons. The fourth-order valence-electron chi connectivity index (χ4n) is 3.74. The maximum absolute atomic E-state index is 12.4. The van der Waals surface area contributed by atoms with Crippen molar-refractivity contribution in [2.45, 2.75) is 20.4 Å². The molecule has 2 heterocycles. The predicted octanol–water partition coefficient (Wildman–Crippen LogP) is 2.94. The second-order valence-corrected chi connectivity index (χ2v) is 7.62. The normalized spacial score (nSPS) is 15.8. The zero-order valence-electron chi connectivity index (χ0n) is 16.5. The molecule has 1 aliphatic heterocycles. The van der Waals surface area contributed by atoms with Gasteiger partial charge in [-0.05, 0) is 37.6 Å². The number of aromatic amines is 1. The summed E-state index contributed by atoms with van der Waals surface area (Å²) >= 11 is 0. The van der Waals surface area contributed by atoms with Gasteiger partial charge in [-0.15, -0.1) is 0 Å². The first-order valence-electron chi connectivity index (χ1n) is 9.82. The van der Waals surface area contributed by atoms with Crippen LogP contribution in [0, 0.1) is 13.8 Å². The molecule has 0 atom stereocenters. The predicted molar refractivity (Wildman–Crippen MR) is 112 cm³/mol. The first kappa shape index (κ1) is 18.7. The van der Waals surface area contributed by atoms with E-state index in [0.717, 1.165) is 60.8 Å². The average Bonchev–Trinajstić information content (AvgIpc) is 3.08. The summed E-state index contributed by atoms with van der Waals surface area (Å²) in [6, 6.07) is 14.2. The standard InChI is InChI=1S/C22H27N5O/c1-16-7-8-18(17(2)13-16)25-22(28)15-27-11-9-26(10-12-27)14-21-23-19-5-3-4-6-20(19)24-21/h3-8,13H,9-12,14-15H2,1-2H3,(H,23,24)(H,25,28). The van der Waals surface area contributed by atoms with Crippen molar-refractivity contribution in [3.05, 3.63) is 59.4 Å². The van der Waals surface area contributed by atoms with Crippen LogP contribution >= 0.6 is 0 Å². The van der Waals surface area contributed by atoms with E-state index in [9.17, 15) is 4.79 Å². The highest BCUT2D eigenvalue weighted by Crippen LogP contribution is 2.16. The summed E-state index contributed by atoms with van der Waals surface area (Å²) in [7, 11) is 0. The summed E-state index contributed by atoms with van der Waals surface area (Å²) < 4.78 is 0. The molecule has 3 aromatic rings. The lowest BCUT2D eigenvalue weighted by Gasteiger charge is -2.33. The lowest BCUT2D eigenvalue weighted by Crippen LogP contribution is -2.48. The van der Waals surface area contributed by atoms with E-state index in [2.05, 4.69) is 44.1 Å². The van der Waals surface area contributed by atoms with Crippen LogP contribution in [0.1, 0.15) is 17.0 Å². The second kappa shape index (κ2) is 8.12. The van der Waals surface area contributed by atoms with Gasteiger partial charge in [0.25, 0.3) is 0 Å². The number of nitrogens with zero attached hydrogens (tertiary/aromatic N) is 3. The van der Waals surface area contributed by atoms with Crippen LogP contribution < -0.4 is 5.32 Å². The first-order chi connectivity index (χ1) is 13.6. The van der Waals surface area contributed by atoms with Gasteiger partial charge in [0.05, 0.1) is 24.1 Å². The smallest absolute Gasteiger partial charge is 0.238 e. The van der Waals surface area contributed by atoms with Crippen LogP contribution in [0.4, 0.5) is 5.69 Å². The van der Waals surface area contributed by atoms with Crippen molar-refractivity contribution in [1.82, 2.24) is 19.8 Å². The van der Waals surface area contributed by atoms with E-state index in [1.165, 1.54) is 5.56 Å². The highest BCUT2D eigenvalue weighted by Gasteiger charge is 2.20. The fourth-order valence-corrected chi connectivity index (χ4v) is 3.74. The molecule has 1 aliphatic rings. The minimum absolute atomic E-state index is 0.0534. The number of hydrogen-bond acceptors (Lipinski definition) is 4. The summed E-state index contributed by atoms with van der Waals surface area (Å²) in [4.78, 5) is 25.1. The molecule has 6 nitrogen and oxygen atoms in total. The number of imidazole rings is 1. The molecule has 0 bridgehead atoms. The van der Waals surface area contributed by atoms with E-state index in [1.807, 2.05) is 37.3 Å². The van der Waals surface area contributed by atoms with Gasteiger partial charge in [-0.3, -0.25) is 14.6 Å². The lowest BCUT2D eigenvalue weighted by molar-refractivity contribution is -0.117. The number of H-pyrrole nitrogens is 1. The van der Waals surface area contributed by atoms with Crippen LogP contribution in [0.5, 0.6) is 0 Å². The molecule has 4 rings (SSSR count). The molecule has 1 saturated heterocycles. The Balaban J connectivity index is 1.26. The molecule has 2 N–H and O–H groups in total. The van der Waals surface area contributed by atoms with E-state index in [-0.39, 0.29) is 5.91 Å². The number of anilines is 1. The highest BCUT2D eigenvalue weighted by molar-refractivity contribution is 5.93. The molecule has 0 spiro atoms. The number of nitrogens with one attached hydrogen (secondary N) is 2. The van der Waals surface area contributed by atoms with Crippen LogP contribution in [0.3, 0.4) is 0 Å². The Bertz CT molecular complexity index is 939. The maximum Gasteiger partial charge on any atom is 0.238 e. The van der Waals surface area contributed by atoms with E-state index in [1.54, 1.807) is 0 Å². The van der Waals surface area contributed by atoms with Gasteiger partial charge < -0.3 is 10.3 Å². The summed E-state index contributed by atoms with van der Waals surface area (Å²) in [6.07, 6.45) is 0. The molecular weight excluding hydrogens is 350 g/mol. The molecule has 6 heteroatoms. The number of carbonyl (C=O) groups excluding carboxylic acids is 1. The van der Waals surface area contributed by atoms with Crippen LogP contribution in [0.25, 0.3) is 11.0 Å². The summed E-state index contributed by atoms with van der Waals surface area (Å²) in [5, 5.41) is 3.04. The van der Waals surface area contributed by atoms with E-state index in [0.29, 0.717) is 6.54 Å². The average molecular weight is 377 g/mol. The van der Waals surface area contributed by atoms with Gasteiger partial charge in [0.1, 0.15) is 5.82 Å². The quantitative estimate of drug-likeness (QED) is 0.718. The molecule has 1 aromatic heterocycles. The first-order valence-corrected chi connectivity index (χ1v) is 9.82. The van der Waals surface area contributed by atoms with Crippen molar-refractivity contribution in [3.63, 3.8) is 0 Å². The molecule has 1 amide bonds. The van der Waals surface area contributed by atoms with Crippen molar-refractivity contribution >= 4 is 22.6 Å². The third-order valence-electron chi connectivity index (χ3n) is 5.30. The Morgan fingerprint density at radius 1 is 1.07 bits per heavy atom. The number of carbonyl (C=O) groups is 1. The molecule has 2 aromatic carbocycles. The number of para-hydroxylation sites is 2. The molecule has 1 fully saturated rings. The number of amides is 1. The number of fused-ring (bicyclic) bond motifs is 1. The Labute approximate surface area is 165 Å². The molecule has 0 saturated carbocycles. The largest absolute Gasteiger partial charge is 0.341 e. The van der Waals surface area contributed by atoms with E-state index < -0.39 is 0 Å². The van der Waals surface area contributed by atoms with Crippen molar-refractivity contribution in [3.8, 4) is 0 Å². The van der Waals surface area contributed by atoms with Crippen molar-refractivity contribution in [2.75, 3.05) is 38.0 Å². The number of benzene rings is 2. The van der Waals surface area contributed by atoms with Gasteiger partial charge in [-0.2, -0.15) is 0 Å². The number of piperazine rings is 1. The van der Waals surface area contributed by atoms with E-state index in [4.69, 9.17) is 0 Å². The van der Waals surface area contributed by atoms with Gasteiger partial charge in [0.15, 0.2) is 0 Å². The summed E-state index contributed by atoms with van der Waals surface area (Å²) in [5.41, 5.74) is 5.30. The van der Waals surface area contributed by atoms with Gasteiger partial charge in [-0.1, -0.05) is 29.8 Å². The Hall–Kier alpha value is -2.70. The van der Waals surface area contributed by atoms with Gasteiger partial charge >= 0.3 is 0 Å². The third kappa shape index (κ3) is 4.40. The van der Waals surface area contributed by atoms with E-state index >= 15 is 0 Å². The summed E-state index contributed by atoms with van der Waals surface area (Å²) in [5.74, 6) is 1.06. The SMILES string of the molecule is Cc1ccc(NC(=O)CN2CCN(Cc3nc4ccccc4[nH]3)CC2)c(C)c1. The summed E-state index contributed by atoms with van der Waals surface area (Å²) in [6.45, 7) is 8.99. The number of aryl methyl sites for hydroxylation is 2. The Morgan fingerprint density at radius 2 is 1.82 bits per heavy atom.